The zero-order valence-electron chi connectivity index (χ0n) is 17.6. The highest BCUT2D eigenvalue weighted by atomic mass is 32.2. The highest BCUT2D eigenvalue weighted by Crippen LogP contribution is 2.26. The first-order valence-corrected chi connectivity index (χ1v) is 11.8. The molecule has 0 saturated carbocycles. The number of hydrogen-bond donors (Lipinski definition) is 1. The van der Waals surface area contributed by atoms with Gasteiger partial charge in [0.05, 0.1) is 10.5 Å². The lowest BCUT2D eigenvalue weighted by Crippen LogP contribution is -2.57. The monoisotopic (exact) mass is 406 g/mol. The molecular formula is C21H34N4O2S. The van der Waals surface area contributed by atoms with Gasteiger partial charge in [-0.3, -0.25) is 9.89 Å². The van der Waals surface area contributed by atoms with Crippen molar-refractivity contribution in [3.8, 4) is 0 Å². The molecular weight excluding hydrogens is 372 g/mol. The molecule has 2 unspecified atom stereocenters. The molecule has 0 amide bonds. The van der Waals surface area contributed by atoms with Gasteiger partial charge in [-0.2, -0.15) is 0 Å². The van der Waals surface area contributed by atoms with Crippen LogP contribution in [0.3, 0.4) is 0 Å². The van der Waals surface area contributed by atoms with Gasteiger partial charge < -0.3 is 10.2 Å². The van der Waals surface area contributed by atoms with Gasteiger partial charge in [-0.1, -0.05) is 30.3 Å². The summed E-state index contributed by atoms with van der Waals surface area (Å²) < 4.78 is 23.8. The van der Waals surface area contributed by atoms with Crippen molar-refractivity contribution in [3.63, 3.8) is 0 Å². The molecule has 1 aromatic carbocycles. The van der Waals surface area contributed by atoms with Crippen molar-refractivity contribution in [3.05, 3.63) is 35.9 Å². The lowest BCUT2D eigenvalue weighted by atomic mass is 10.1. The van der Waals surface area contributed by atoms with E-state index in [0.717, 1.165) is 32.0 Å². The summed E-state index contributed by atoms with van der Waals surface area (Å²) in [6.07, 6.45) is 1.16. The van der Waals surface area contributed by atoms with Crippen LogP contribution in [0.25, 0.3) is 0 Å². The zero-order chi connectivity index (χ0) is 20.4. The maximum absolute atomic E-state index is 12.3. The first kappa shape index (κ1) is 21.1. The quantitative estimate of drug-likeness (QED) is 0.612. The van der Waals surface area contributed by atoms with Crippen molar-refractivity contribution in [2.24, 2.45) is 10.9 Å². The molecule has 28 heavy (non-hydrogen) atoms. The van der Waals surface area contributed by atoms with E-state index in [0.29, 0.717) is 25.0 Å². The number of guanidine groups is 1. The van der Waals surface area contributed by atoms with E-state index in [-0.39, 0.29) is 5.75 Å². The third kappa shape index (κ3) is 4.69. The lowest BCUT2D eigenvalue weighted by molar-refractivity contribution is 0.255. The van der Waals surface area contributed by atoms with Crippen molar-refractivity contribution in [2.45, 2.75) is 44.5 Å². The van der Waals surface area contributed by atoms with E-state index < -0.39 is 14.6 Å². The summed E-state index contributed by atoms with van der Waals surface area (Å²) in [5, 5.41) is 3.51. The van der Waals surface area contributed by atoms with Gasteiger partial charge in [0.1, 0.15) is 0 Å². The predicted octanol–water partition coefficient (Wildman–Crippen LogP) is 1.98. The SMILES string of the molecule is CN=C(NCC1CC(C)N(Cc2ccccc2)C1)N1CCS(=O)(=O)C(C)(C)C1. The summed E-state index contributed by atoms with van der Waals surface area (Å²) in [6, 6.07) is 11.2. The van der Waals surface area contributed by atoms with Crippen molar-refractivity contribution in [1.29, 1.82) is 0 Å². The van der Waals surface area contributed by atoms with E-state index in [1.165, 1.54) is 5.56 Å². The standard InChI is InChI=1S/C21H34N4O2S/c1-17-12-19(15-25(17)14-18-8-6-5-7-9-18)13-23-20(22-4)24-10-11-28(26,27)21(2,3)16-24/h5-9,17,19H,10-16H2,1-4H3,(H,22,23). The van der Waals surface area contributed by atoms with Crippen molar-refractivity contribution >= 4 is 15.8 Å². The molecule has 1 N–H and O–H groups in total. The van der Waals surface area contributed by atoms with Gasteiger partial charge in [-0.05, 0) is 38.7 Å². The Morgan fingerprint density at radius 2 is 2.00 bits per heavy atom. The molecule has 7 heteroatoms. The number of likely N-dealkylation sites (tertiary alicyclic amines) is 1. The minimum atomic E-state index is -3.04. The number of aliphatic imine (C=N–C) groups is 1. The van der Waals surface area contributed by atoms with Gasteiger partial charge in [0, 0.05) is 45.8 Å². The molecule has 0 radical (unpaired) electrons. The third-order valence-corrected chi connectivity index (χ3v) is 8.66. The molecule has 2 fully saturated rings. The van der Waals surface area contributed by atoms with Gasteiger partial charge in [-0.15, -0.1) is 0 Å². The van der Waals surface area contributed by atoms with Gasteiger partial charge in [0.15, 0.2) is 15.8 Å². The predicted molar refractivity (Wildman–Crippen MR) is 115 cm³/mol. The summed E-state index contributed by atoms with van der Waals surface area (Å²) in [7, 11) is -1.27. The van der Waals surface area contributed by atoms with Crippen LogP contribution < -0.4 is 5.32 Å². The third-order valence-electron chi connectivity index (χ3n) is 6.12. The Morgan fingerprint density at radius 3 is 2.64 bits per heavy atom. The van der Waals surface area contributed by atoms with Crippen LogP contribution in [-0.2, 0) is 16.4 Å². The fourth-order valence-electron chi connectivity index (χ4n) is 4.30. The average Bonchev–Trinajstić information content (AvgIpc) is 2.99. The first-order chi connectivity index (χ1) is 13.2. The van der Waals surface area contributed by atoms with E-state index in [2.05, 4.69) is 57.4 Å². The second-order valence-electron chi connectivity index (χ2n) is 8.79. The molecule has 0 aromatic heterocycles. The fraction of sp³-hybridized carbons (Fsp3) is 0.667. The molecule has 2 aliphatic rings. The van der Waals surface area contributed by atoms with Crippen LogP contribution in [0.15, 0.2) is 35.3 Å². The summed E-state index contributed by atoms with van der Waals surface area (Å²) in [5.74, 6) is 1.57. The van der Waals surface area contributed by atoms with E-state index in [4.69, 9.17) is 0 Å². The lowest BCUT2D eigenvalue weighted by Gasteiger charge is -2.39. The Hall–Kier alpha value is -1.60. The fourth-order valence-corrected chi connectivity index (χ4v) is 5.66. The summed E-state index contributed by atoms with van der Waals surface area (Å²) in [5.41, 5.74) is 1.36. The summed E-state index contributed by atoms with van der Waals surface area (Å²) >= 11 is 0. The minimum absolute atomic E-state index is 0.187. The Morgan fingerprint density at radius 1 is 1.29 bits per heavy atom. The molecule has 0 aliphatic carbocycles. The number of sulfone groups is 1. The number of hydrogen-bond acceptors (Lipinski definition) is 4. The second-order valence-corrected chi connectivity index (χ2v) is 11.5. The Bertz CT molecular complexity index is 792. The molecule has 0 spiro atoms. The van der Waals surface area contributed by atoms with Crippen LogP contribution in [0.2, 0.25) is 0 Å². The van der Waals surface area contributed by atoms with Crippen LogP contribution >= 0.6 is 0 Å². The van der Waals surface area contributed by atoms with E-state index in [9.17, 15) is 8.42 Å². The topological polar surface area (TPSA) is 65.0 Å². The highest BCUT2D eigenvalue weighted by Gasteiger charge is 2.41. The molecule has 6 nitrogen and oxygen atoms in total. The Labute approximate surface area is 169 Å². The van der Waals surface area contributed by atoms with Crippen LogP contribution in [0, 0.1) is 5.92 Å². The normalized spacial score (nSPS) is 27.7. The molecule has 156 valence electrons. The van der Waals surface area contributed by atoms with Gasteiger partial charge >= 0.3 is 0 Å². The average molecular weight is 407 g/mol. The van der Waals surface area contributed by atoms with Gasteiger partial charge in [-0.25, -0.2) is 8.42 Å². The van der Waals surface area contributed by atoms with Gasteiger partial charge in [0.2, 0.25) is 0 Å². The van der Waals surface area contributed by atoms with Crippen LogP contribution in [0.5, 0.6) is 0 Å². The van der Waals surface area contributed by atoms with Crippen LogP contribution in [0.4, 0.5) is 0 Å². The largest absolute Gasteiger partial charge is 0.356 e. The number of nitrogens with one attached hydrogen (secondary N) is 1. The number of rotatable bonds is 4. The number of benzene rings is 1. The Balaban J connectivity index is 1.53. The number of nitrogens with zero attached hydrogens (tertiary/aromatic N) is 3. The highest BCUT2D eigenvalue weighted by molar-refractivity contribution is 7.92. The maximum Gasteiger partial charge on any atom is 0.193 e. The van der Waals surface area contributed by atoms with Crippen LogP contribution in [-0.4, -0.2) is 73.9 Å². The summed E-state index contributed by atoms with van der Waals surface area (Å²) in [6.45, 7) is 9.83. The molecule has 2 aliphatic heterocycles. The maximum atomic E-state index is 12.3. The molecule has 2 saturated heterocycles. The van der Waals surface area contributed by atoms with Crippen molar-refractivity contribution in [2.75, 3.05) is 39.0 Å². The van der Waals surface area contributed by atoms with E-state index in [1.54, 1.807) is 7.05 Å². The van der Waals surface area contributed by atoms with E-state index >= 15 is 0 Å². The minimum Gasteiger partial charge on any atom is -0.356 e. The Kier molecular flexibility index (Phi) is 6.34. The second kappa shape index (κ2) is 8.41. The smallest absolute Gasteiger partial charge is 0.193 e. The van der Waals surface area contributed by atoms with Crippen LogP contribution in [0.1, 0.15) is 32.8 Å². The first-order valence-electron chi connectivity index (χ1n) is 10.2. The molecule has 3 rings (SSSR count). The molecule has 0 bridgehead atoms. The zero-order valence-corrected chi connectivity index (χ0v) is 18.4. The van der Waals surface area contributed by atoms with Crippen molar-refractivity contribution < 1.29 is 8.42 Å². The van der Waals surface area contributed by atoms with Gasteiger partial charge in [0.25, 0.3) is 0 Å². The molecule has 2 atom stereocenters. The van der Waals surface area contributed by atoms with E-state index in [1.807, 2.05) is 13.8 Å². The summed E-state index contributed by atoms with van der Waals surface area (Å²) in [4.78, 5) is 9.04. The van der Waals surface area contributed by atoms with Crippen molar-refractivity contribution in [1.82, 2.24) is 15.1 Å². The molecule has 1 aromatic rings. The molecule has 2 heterocycles.